The summed E-state index contributed by atoms with van der Waals surface area (Å²) in [5.74, 6) is -0.112. The lowest BCUT2D eigenvalue weighted by Gasteiger charge is -2.08. The molecule has 2 aromatic carbocycles. The SMILES string of the molecule is CC(=O)Oc1c(Br)cc(/C=N\NS(=O)(=O)c2ccc(C)cc2)cc1Br. The maximum atomic E-state index is 12.1. The molecule has 0 saturated heterocycles. The standard InChI is InChI=1S/C16H14Br2N2O4S/c1-10-3-5-13(6-4-10)25(22,23)20-19-9-12-7-14(17)16(15(18)8-12)24-11(2)21/h3-9,20H,1-2H3/b19-9-. The van der Waals surface area contributed by atoms with E-state index in [-0.39, 0.29) is 4.90 Å². The molecule has 0 bridgehead atoms. The highest BCUT2D eigenvalue weighted by molar-refractivity contribution is 9.11. The number of halogens is 2. The molecule has 1 N–H and O–H groups in total. The number of hydrazone groups is 1. The predicted octanol–water partition coefficient (Wildman–Crippen LogP) is 3.76. The Kier molecular flexibility index (Phi) is 6.36. The van der Waals surface area contributed by atoms with Gasteiger partial charge in [0.1, 0.15) is 0 Å². The number of nitrogens with zero attached hydrogens (tertiary/aromatic N) is 1. The van der Waals surface area contributed by atoms with Crippen molar-refractivity contribution < 1.29 is 17.9 Å². The van der Waals surface area contributed by atoms with Crippen LogP contribution in [-0.4, -0.2) is 20.6 Å². The zero-order valence-corrected chi connectivity index (χ0v) is 17.3. The highest BCUT2D eigenvalue weighted by atomic mass is 79.9. The minimum absolute atomic E-state index is 0.128. The second kappa shape index (κ2) is 8.11. The van der Waals surface area contributed by atoms with E-state index in [1.54, 1.807) is 24.3 Å². The van der Waals surface area contributed by atoms with Gasteiger partial charge in [0.05, 0.1) is 20.1 Å². The van der Waals surface area contributed by atoms with E-state index in [4.69, 9.17) is 4.74 Å². The van der Waals surface area contributed by atoms with Crippen LogP contribution in [-0.2, 0) is 14.8 Å². The lowest BCUT2D eigenvalue weighted by Crippen LogP contribution is -2.18. The van der Waals surface area contributed by atoms with E-state index in [1.807, 2.05) is 6.92 Å². The summed E-state index contributed by atoms with van der Waals surface area (Å²) in [6.07, 6.45) is 1.35. The predicted molar refractivity (Wildman–Crippen MR) is 102 cm³/mol. The fourth-order valence-corrected chi connectivity index (χ4v) is 4.01. The van der Waals surface area contributed by atoms with Crippen molar-refractivity contribution in [2.45, 2.75) is 18.7 Å². The summed E-state index contributed by atoms with van der Waals surface area (Å²) in [6, 6.07) is 9.72. The van der Waals surface area contributed by atoms with Gasteiger partial charge >= 0.3 is 5.97 Å². The molecule has 0 aromatic heterocycles. The minimum Gasteiger partial charge on any atom is -0.424 e. The Hall–Kier alpha value is -1.71. The molecule has 0 aliphatic rings. The number of carbonyl (C=O) groups is 1. The van der Waals surface area contributed by atoms with E-state index in [0.29, 0.717) is 20.3 Å². The monoisotopic (exact) mass is 488 g/mol. The van der Waals surface area contributed by atoms with Crippen LogP contribution in [0.4, 0.5) is 0 Å². The van der Waals surface area contributed by atoms with Crippen LogP contribution in [0.1, 0.15) is 18.1 Å². The van der Waals surface area contributed by atoms with E-state index >= 15 is 0 Å². The lowest BCUT2D eigenvalue weighted by atomic mass is 10.2. The number of sulfonamides is 1. The van der Waals surface area contributed by atoms with Crippen molar-refractivity contribution in [1.29, 1.82) is 0 Å². The number of ether oxygens (including phenoxy) is 1. The Morgan fingerprint density at radius 2 is 1.72 bits per heavy atom. The minimum atomic E-state index is -3.73. The van der Waals surface area contributed by atoms with Gasteiger partial charge in [-0.25, -0.2) is 4.83 Å². The van der Waals surface area contributed by atoms with Crippen LogP contribution in [0.15, 0.2) is 55.3 Å². The first-order valence-electron chi connectivity index (χ1n) is 6.98. The van der Waals surface area contributed by atoms with E-state index in [1.165, 1.54) is 25.3 Å². The highest BCUT2D eigenvalue weighted by Crippen LogP contribution is 2.34. The molecule has 2 aromatic rings. The van der Waals surface area contributed by atoms with Crippen LogP contribution < -0.4 is 9.57 Å². The van der Waals surface area contributed by atoms with Gasteiger partial charge < -0.3 is 4.74 Å². The molecule has 0 radical (unpaired) electrons. The van der Waals surface area contributed by atoms with Crippen molar-refractivity contribution in [1.82, 2.24) is 4.83 Å². The van der Waals surface area contributed by atoms with Gasteiger partial charge in [-0.15, -0.1) is 0 Å². The number of hydrogen-bond donors (Lipinski definition) is 1. The number of esters is 1. The number of aryl methyl sites for hydroxylation is 1. The van der Waals surface area contributed by atoms with Crippen molar-refractivity contribution in [3.8, 4) is 5.75 Å². The van der Waals surface area contributed by atoms with Gasteiger partial charge in [-0.05, 0) is 68.6 Å². The number of benzene rings is 2. The quantitative estimate of drug-likeness (QED) is 0.300. The van der Waals surface area contributed by atoms with Crippen molar-refractivity contribution in [3.63, 3.8) is 0 Å². The first-order valence-corrected chi connectivity index (χ1v) is 10.0. The molecule has 0 spiro atoms. The average molecular weight is 490 g/mol. The second-order valence-electron chi connectivity index (χ2n) is 5.07. The van der Waals surface area contributed by atoms with Gasteiger partial charge in [0.25, 0.3) is 10.0 Å². The molecule has 0 unspecified atom stereocenters. The molecule has 9 heteroatoms. The van der Waals surface area contributed by atoms with E-state index in [9.17, 15) is 13.2 Å². The summed E-state index contributed by atoms with van der Waals surface area (Å²) in [7, 11) is -3.73. The molecular weight excluding hydrogens is 476 g/mol. The van der Waals surface area contributed by atoms with Crippen LogP contribution in [0.25, 0.3) is 0 Å². The Morgan fingerprint density at radius 3 is 2.24 bits per heavy atom. The van der Waals surface area contributed by atoms with Crippen LogP contribution in [0.5, 0.6) is 5.75 Å². The summed E-state index contributed by atoms with van der Waals surface area (Å²) in [5.41, 5.74) is 1.56. The number of rotatable bonds is 5. The van der Waals surface area contributed by atoms with Crippen LogP contribution in [0.2, 0.25) is 0 Å². The molecule has 6 nitrogen and oxygen atoms in total. The summed E-state index contributed by atoms with van der Waals surface area (Å²) in [6.45, 7) is 3.17. The second-order valence-corrected chi connectivity index (χ2v) is 8.44. The summed E-state index contributed by atoms with van der Waals surface area (Å²) in [5, 5.41) is 3.77. The lowest BCUT2D eigenvalue weighted by molar-refractivity contribution is -0.131. The smallest absolute Gasteiger partial charge is 0.308 e. The molecule has 0 amide bonds. The van der Waals surface area contributed by atoms with Gasteiger partial charge in [-0.3, -0.25) is 4.79 Å². The Balaban J connectivity index is 2.17. The Morgan fingerprint density at radius 1 is 1.16 bits per heavy atom. The average Bonchev–Trinajstić information content (AvgIpc) is 2.51. The van der Waals surface area contributed by atoms with E-state index < -0.39 is 16.0 Å². The first-order chi connectivity index (χ1) is 11.7. The maximum absolute atomic E-state index is 12.1. The Bertz CT molecular complexity index is 903. The highest BCUT2D eigenvalue weighted by Gasteiger charge is 2.13. The molecule has 0 atom stereocenters. The molecule has 0 saturated carbocycles. The van der Waals surface area contributed by atoms with Gasteiger partial charge in [-0.1, -0.05) is 17.7 Å². The number of hydrogen-bond acceptors (Lipinski definition) is 5. The van der Waals surface area contributed by atoms with Gasteiger partial charge in [0.2, 0.25) is 0 Å². The third-order valence-electron chi connectivity index (χ3n) is 2.98. The topological polar surface area (TPSA) is 84.8 Å². The van der Waals surface area contributed by atoms with Crippen molar-refractivity contribution in [2.75, 3.05) is 0 Å². The van der Waals surface area contributed by atoms with E-state index in [2.05, 4.69) is 41.8 Å². The van der Waals surface area contributed by atoms with Crippen LogP contribution in [0.3, 0.4) is 0 Å². The summed E-state index contributed by atoms with van der Waals surface area (Å²) >= 11 is 6.59. The molecule has 0 fully saturated rings. The van der Waals surface area contributed by atoms with Crippen molar-refractivity contribution >= 4 is 54.1 Å². The molecule has 0 aliphatic heterocycles. The van der Waals surface area contributed by atoms with E-state index in [0.717, 1.165) is 5.56 Å². The molecule has 132 valence electrons. The van der Waals surface area contributed by atoms with Crippen molar-refractivity contribution in [2.24, 2.45) is 5.10 Å². The van der Waals surface area contributed by atoms with Crippen molar-refractivity contribution in [3.05, 3.63) is 56.5 Å². The normalized spacial score (nSPS) is 11.5. The number of nitrogens with one attached hydrogen (secondary N) is 1. The molecule has 25 heavy (non-hydrogen) atoms. The third-order valence-corrected chi connectivity index (χ3v) is 5.40. The molecular formula is C16H14Br2N2O4S. The summed E-state index contributed by atoms with van der Waals surface area (Å²) < 4.78 is 30.4. The fourth-order valence-electron chi connectivity index (χ4n) is 1.84. The zero-order chi connectivity index (χ0) is 18.6. The molecule has 0 aliphatic carbocycles. The largest absolute Gasteiger partial charge is 0.424 e. The summed E-state index contributed by atoms with van der Waals surface area (Å²) in [4.78, 5) is 13.4. The third kappa shape index (κ3) is 5.38. The van der Waals surface area contributed by atoms with Gasteiger partial charge in [-0.2, -0.15) is 13.5 Å². The maximum Gasteiger partial charge on any atom is 0.308 e. The molecule has 0 heterocycles. The Labute approximate surface area is 162 Å². The molecule has 2 rings (SSSR count). The van der Waals surface area contributed by atoms with Gasteiger partial charge in [0.15, 0.2) is 5.75 Å². The van der Waals surface area contributed by atoms with Gasteiger partial charge in [0, 0.05) is 6.92 Å². The number of carbonyl (C=O) groups excluding carboxylic acids is 1. The zero-order valence-electron chi connectivity index (χ0n) is 13.3. The van der Waals surface area contributed by atoms with Crippen LogP contribution in [0, 0.1) is 6.92 Å². The fraction of sp³-hybridized carbons (Fsp3) is 0.125. The first kappa shape index (κ1) is 19.6. The van der Waals surface area contributed by atoms with Crippen LogP contribution >= 0.6 is 31.9 Å².